The molecule has 1 rings (SSSR count). The fraction of sp³-hybridized carbons (Fsp3) is 0.818. The lowest BCUT2D eigenvalue weighted by Gasteiger charge is -2.04. The van der Waals surface area contributed by atoms with Crippen molar-refractivity contribution in [3.05, 3.63) is 12.2 Å². The fourth-order valence-electron chi connectivity index (χ4n) is 1.42. The second kappa shape index (κ2) is 6.50. The van der Waals surface area contributed by atoms with Crippen LogP contribution in [0.2, 0.25) is 0 Å². The molecule has 1 aliphatic heterocycles. The average molecular weight is 199 g/mol. The van der Waals surface area contributed by atoms with Crippen LogP contribution in [0.25, 0.3) is 0 Å². The molecule has 0 bridgehead atoms. The Morgan fingerprint density at radius 1 is 1.54 bits per heavy atom. The van der Waals surface area contributed by atoms with E-state index in [0.717, 1.165) is 24.9 Å². The minimum absolute atomic E-state index is 0.760. The maximum atomic E-state index is 3.42. The monoisotopic (exact) mass is 199 g/mol. The van der Waals surface area contributed by atoms with E-state index in [1.807, 2.05) is 0 Å². The molecule has 76 valence electrons. The van der Waals surface area contributed by atoms with Gasteiger partial charge in [-0.3, -0.25) is 0 Å². The van der Waals surface area contributed by atoms with Crippen molar-refractivity contribution in [2.45, 2.75) is 20.3 Å². The second-order valence-electron chi connectivity index (χ2n) is 4.10. The standard InChI is InChI=1S/C11H21NS/c1-10(2)8-12-6-3-4-11-5-7-13-9-11/h3-4,10-12H,5-9H2,1-2H3/b4-3+. The van der Waals surface area contributed by atoms with Gasteiger partial charge in [-0.05, 0) is 36.3 Å². The van der Waals surface area contributed by atoms with Crippen LogP contribution in [-0.2, 0) is 0 Å². The molecule has 0 amide bonds. The zero-order chi connectivity index (χ0) is 9.52. The number of hydrogen-bond acceptors (Lipinski definition) is 2. The summed E-state index contributed by atoms with van der Waals surface area (Å²) >= 11 is 2.08. The van der Waals surface area contributed by atoms with Gasteiger partial charge in [-0.25, -0.2) is 0 Å². The molecule has 0 aromatic rings. The molecular formula is C11H21NS. The molecule has 2 heteroatoms. The summed E-state index contributed by atoms with van der Waals surface area (Å²) in [5.41, 5.74) is 0. The summed E-state index contributed by atoms with van der Waals surface area (Å²) in [6.45, 7) is 6.65. The normalized spacial score (nSPS) is 23.5. The first-order chi connectivity index (χ1) is 6.29. The largest absolute Gasteiger partial charge is 0.313 e. The Bertz CT molecular complexity index is 148. The Morgan fingerprint density at radius 3 is 3.00 bits per heavy atom. The molecule has 1 nitrogen and oxygen atoms in total. The minimum atomic E-state index is 0.760. The lowest BCUT2D eigenvalue weighted by molar-refractivity contribution is 0.576. The van der Waals surface area contributed by atoms with Gasteiger partial charge in [0.15, 0.2) is 0 Å². The van der Waals surface area contributed by atoms with Gasteiger partial charge < -0.3 is 5.32 Å². The molecule has 1 unspecified atom stereocenters. The lowest BCUT2D eigenvalue weighted by atomic mass is 10.1. The van der Waals surface area contributed by atoms with Crippen molar-refractivity contribution in [1.82, 2.24) is 5.32 Å². The van der Waals surface area contributed by atoms with Crippen LogP contribution in [0.15, 0.2) is 12.2 Å². The van der Waals surface area contributed by atoms with Gasteiger partial charge in [0.1, 0.15) is 0 Å². The molecule has 0 radical (unpaired) electrons. The van der Waals surface area contributed by atoms with E-state index >= 15 is 0 Å². The van der Waals surface area contributed by atoms with Gasteiger partial charge in [-0.2, -0.15) is 11.8 Å². The second-order valence-corrected chi connectivity index (χ2v) is 5.25. The molecule has 0 aliphatic carbocycles. The number of allylic oxidation sites excluding steroid dienone is 1. The molecule has 0 spiro atoms. The number of thioether (sulfide) groups is 1. The number of rotatable bonds is 5. The molecule has 0 aromatic heterocycles. The Balaban J connectivity index is 1.97. The van der Waals surface area contributed by atoms with Gasteiger partial charge in [0, 0.05) is 6.54 Å². The van der Waals surface area contributed by atoms with Crippen LogP contribution in [0.3, 0.4) is 0 Å². The molecule has 1 aliphatic rings. The summed E-state index contributed by atoms with van der Waals surface area (Å²) in [6.07, 6.45) is 6.05. The average Bonchev–Trinajstić information content (AvgIpc) is 2.55. The fourth-order valence-corrected chi connectivity index (χ4v) is 2.64. The molecule has 1 fully saturated rings. The van der Waals surface area contributed by atoms with Crippen LogP contribution in [0.4, 0.5) is 0 Å². The van der Waals surface area contributed by atoms with E-state index < -0.39 is 0 Å². The first-order valence-electron chi connectivity index (χ1n) is 5.24. The molecule has 1 heterocycles. The third-order valence-corrected chi connectivity index (χ3v) is 3.38. The Hall–Kier alpha value is 0.0500. The topological polar surface area (TPSA) is 12.0 Å². The van der Waals surface area contributed by atoms with Gasteiger partial charge in [-0.15, -0.1) is 0 Å². The van der Waals surface area contributed by atoms with Crippen LogP contribution < -0.4 is 5.32 Å². The first kappa shape index (κ1) is 11.1. The molecule has 1 atom stereocenters. The summed E-state index contributed by atoms with van der Waals surface area (Å²) in [4.78, 5) is 0. The summed E-state index contributed by atoms with van der Waals surface area (Å²) in [7, 11) is 0. The zero-order valence-corrected chi connectivity index (χ0v) is 9.57. The van der Waals surface area contributed by atoms with Crippen LogP contribution >= 0.6 is 11.8 Å². The van der Waals surface area contributed by atoms with Crippen molar-refractivity contribution < 1.29 is 0 Å². The Morgan fingerprint density at radius 2 is 2.38 bits per heavy atom. The van der Waals surface area contributed by atoms with Gasteiger partial charge >= 0.3 is 0 Å². The van der Waals surface area contributed by atoms with Crippen molar-refractivity contribution in [2.75, 3.05) is 24.6 Å². The number of nitrogens with one attached hydrogen (secondary N) is 1. The van der Waals surface area contributed by atoms with Crippen LogP contribution in [0.1, 0.15) is 20.3 Å². The van der Waals surface area contributed by atoms with E-state index in [1.54, 1.807) is 0 Å². The van der Waals surface area contributed by atoms with Crippen molar-refractivity contribution in [1.29, 1.82) is 0 Å². The Labute approximate surface area is 86.4 Å². The number of hydrogen-bond donors (Lipinski definition) is 1. The van der Waals surface area contributed by atoms with Gasteiger partial charge in [0.25, 0.3) is 0 Å². The van der Waals surface area contributed by atoms with Crippen LogP contribution in [0.5, 0.6) is 0 Å². The van der Waals surface area contributed by atoms with Crippen molar-refractivity contribution in [3.8, 4) is 0 Å². The third-order valence-electron chi connectivity index (χ3n) is 2.19. The van der Waals surface area contributed by atoms with E-state index in [-0.39, 0.29) is 0 Å². The molecule has 0 saturated carbocycles. The highest BCUT2D eigenvalue weighted by Crippen LogP contribution is 2.23. The maximum absolute atomic E-state index is 3.42. The summed E-state index contributed by atoms with van der Waals surface area (Å²) < 4.78 is 0. The summed E-state index contributed by atoms with van der Waals surface area (Å²) in [5.74, 6) is 4.30. The van der Waals surface area contributed by atoms with Gasteiger partial charge in [0.05, 0.1) is 0 Å². The summed E-state index contributed by atoms with van der Waals surface area (Å²) in [6, 6.07) is 0. The zero-order valence-electron chi connectivity index (χ0n) is 8.75. The van der Waals surface area contributed by atoms with E-state index in [1.165, 1.54) is 17.9 Å². The summed E-state index contributed by atoms with van der Waals surface area (Å²) in [5, 5.41) is 3.42. The van der Waals surface area contributed by atoms with E-state index in [4.69, 9.17) is 0 Å². The highest BCUT2D eigenvalue weighted by molar-refractivity contribution is 7.99. The van der Waals surface area contributed by atoms with E-state index in [2.05, 4.69) is 43.1 Å². The predicted octanol–water partition coefficient (Wildman–Crippen LogP) is 2.54. The highest BCUT2D eigenvalue weighted by Gasteiger charge is 2.10. The van der Waals surface area contributed by atoms with E-state index in [9.17, 15) is 0 Å². The molecule has 13 heavy (non-hydrogen) atoms. The van der Waals surface area contributed by atoms with Crippen LogP contribution in [0, 0.1) is 11.8 Å². The van der Waals surface area contributed by atoms with Gasteiger partial charge in [0.2, 0.25) is 0 Å². The van der Waals surface area contributed by atoms with Crippen LogP contribution in [-0.4, -0.2) is 24.6 Å². The highest BCUT2D eigenvalue weighted by atomic mass is 32.2. The van der Waals surface area contributed by atoms with Gasteiger partial charge in [-0.1, -0.05) is 26.0 Å². The van der Waals surface area contributed by atoms with Crippen molar-refractivity contribution in [2.24, 2.45) is 11.8 Å². The molecule has 1 N–H and O–H groups in total. The molecule has 0 aromatic carbocycles. The van der Waals surface area contributed by atoms with Crippen molar-refractivity contribution >= 4 is 11.8 Å². The molecular weight excluding hydrogens is 178 g/mol. The molecule has 1 saturated heterocycles. The Kier molecular flexibility index (Phi) is 5.56. The first-order valence-corrected chi connectivity index (χ1v) is 6.39. The predicted molar refractivity (Wildman–Crippen MR) is 62.3 cm³/mol. The third kappa shape index (κ3) is 5.37. The quantitative estimate of drug-likeness (QED) is 0.539. The minimum Gasteiger partial charge on any atom is -0.313 e. The SMILES string of the molecule is CC(C)CNC/C=C/C1CCSC1. The van der Waals surface area contributed by atoms with E-state index in [0.29, 0.717) is 0 Å². The maximum Gasteiger partial charge on any atom is 0.0135 e. The lowest BCUT2D eigenvalue weighted by Crippen LogP contribution is -2.19. The van der Waals surface area contributed by atoms with Crippen molar-refractivity contribution in [3.63, 3.8) is 0 Å². The smallest absolute Gasteiger partial charge is 0.0135 e.